The smallest absolute Gasteiger partial charge is 0.292 e. The zero-order chi connectivity index (χ0) is 21.8. The number of nitrogens with zero attached hydrogens (tertiary/aromatic N) is 2. The Morgan fingerprint density at radius 2 is 2.00 bits per heavy atom. The fourth-order valence-corrected chi connectivity index (χ4v) is 3.11. The Balaban J connectivity index is 1.35. The van der Waals surface area contributed by atoms with Crippen molar-refractivity contribution in [3.8, 4) is 5.75 Å². The van der Waals surface area contributed by atoms with Crippen LogP contribution in [0.25, 0.3) is 0 Å². The average Bonchev–Trinajstić information content (AvgIpc) is 3.38. The van der Waals surface area contributed by atoms with Gasteiger partial charge in [-0.15, -0.1) is 0 Å². The van der Waals surface area contributed by atoms with Crippen LogP contribution in [0.3, 0.4) is 0 Å². The highest BCUT2D eigenvalue weighted by Crippen LogP contribution is 2.21. The van der Waals surface area contributed by atoms with E-state index in [2.05, 4.69) is 10.4 Å². The summed E-state index contributed by atoms with van der Waals surface area (Å²) in [6, 6.07) is 17.3. The molecule has 0 spiro atoms. The maximum absolute atomic E-state index is 13.3. The monoisotopic (exact) mass is 419 g/mol. The first kappa shape index (κ1) is 20.4. The number of carbonyl (C=O) groups is 1. The summed E-state index contributed by atoms with van der Waals surface area (Å²) in [5.74, 6) is 1.17. The van der Waals surface area contributed by atoms with Crippen LogP contribution in [-0.2, 0) is 13.2 Å². The molecule has 4 aromatic rings. The first-order chi connectivity index (χ1) is 15.0. The molecule has 1 amide bonds. The van der Waals surface area contributed by atoms with Crippen LogP contribution in [0.4, 0.5) is 10.2 Å². The number of carbonyl (C=O) groups excluding carboxylic acids is 1. The molecule has 2 aromatic carbocycles. The van der Waals surface area contributed by atoms with E-state index < -0.39 is 5.91 Å². The van der Waals surface area contributed by atoms with Crippen LogP contribution in [0.1, 0.15) is 33.0 Å². The molecule has 0 saturated heterocycles. The lowest BCUT2D eigenvalue weighted by Gasteiger charge is -2.08. The molecular formula is C24H22FN3O3. The molecule has 6 nitrogen and oxygen atoms in total. The van der Waals surface area contributed by atoms with E-state index in [1.807, 2.05) is 38.1 Å². The number of hydrogen-bond donors (Lipinski definition) is 1. The van der Waals surface area contributed by atoms with E-state index in [1.54, 1.807) is 35.1 Å². The number of anilines is 1. The number of halogens is 1. The normalized spacial score (nSPS) is 10.8. The second kappa shape index (κ2) is 8.87. The number of amides is 1. The Kier molecular flexibility index (Phi) is 5.84. The summed E-state index contributed by atoms with van der Waals surface area (Å²) in [6.07, 6.45) is 1.71. The van der Waals surface area contributed by atoms with Crippen LogP contribution in [0.15, 0.2) is 71.3 Å². The highest BCUT2D eigenvalue weighted by atomic mass is 19.1. The molecule has 0 unspecified atom stereocenters. The molecule has 0 aliphatic carbocycles. The second-order valence-electron chi connectivity index (χ2n) is 7.31. The van der Waals surface area contributed by atoms with Gasteiger partial charge >= 0.3 is 0 Å². The lowest BCUT2D eigenvalue weighted by atomic mass is 10.1. The SMILES string of the molecule is Cc1ccc(C)c(OCc2ccc(C(=O)Nc3ccn(Cc4cccc(F)c4)n3)o2)c1. The van der Waals surface area contributed by atoms with E-state index in [4.69, 9.17) is 9.15 Å². The largest absolute Gasteiger partial charge is 0.485 e. The van der Waals surface area contributed by atoms with Gasteiger partial charge < -0.3 is 14.5 Å². The van der Waals surface area contributed by atoms with Gasteiger partial charge in [0.15, 0.2) is 11.6 Å². The number of rotatable bonds is 7. The van der Waals surface area contributed by atoms with Crippen molar-refractivity contribution in [3.63, 3.8) is 0 Å². The zero-order valence-electron chi connectivity index (χ0n) is 17.3. The van der Waals surface area contributed by atoms with Gasteiger partial charge in [-0.2, -0.15) is 5.10 Å². The van der Waals surface area contributed by atoms with Crippen molar-refractivity contribution in [2.75, 3.05) is 5.32 Å². The standard InChI is InChI=1S/C24H22FN3O3/c1-16-6-7-17(2)22(12-16)30-15-20-8-9-21(31-20)24(29)26-23-10-11-28(27-23)14-18-4-3-5-19(25)13-18/h3-13H,14-15H2,1-2H3,(H,26,27,29). The Morgan fingerprint density at radius 1 is 1.13 bits per heavy atom. The van der Waals surface area contributed by atoms with Crippen molar-refractivity contribution in [1.29, 1.82) is 0 Å². The van der Waals surface area contributed by atoms with Crippen molar-refractivity contribution in [1.82, 2.24) is 9.78 Å². The van der Waals surface area contributed by atoms with Crippen LogP contribution in [0, 0.1) is 19.7 Å². The molecule has 0 aliphatic rings. The lowest BCUT2D eigenvalue weighted by Crippen LogP contribution is -2.12. The minimum Gasteiger partial charge on any atom is -0.485 e. The minimum absolute atomic E-state index is 0.166. The van der Waals surface area contributed by atoms with Crippen molar-refractivity contribution < 1.29 is 18.3 Å². The van der Waals surface area contributed by atoms with Gasteiger partial charge in [-0.05, 0) is 60.9 Å². The van der Waals surface area contributed by atoms with Gasteiger partial charge in [0.2, 0.25) is 0 Å². The molecule has 2 aromatic heterocycles. The van der Waals surface area contributed by atoms with Crippen LogP contribution >= 0.6 is 0 Å². The molecule has 0 saturated carbocycles. The van der Waals surface area contributed by atoms with Gasteiger partial charge in [-0.25, -0.2) is 4.39 Å². The predicted molar refractivity (Wildman–Crippen MR) is 115 cm³/mol. The Bertz CT molecular complexity index is 1210. The molecule has 158 valence electrons. The molecule has 0 fully saturated rings. The van der Waals surface area contributed by atoms with Crippen molar-refractivity contribution in [2.24, 2.45) is 0 Å². The van der Waals surface area contributed by atoms with Gasteiger partial charge in [0, 0.05) is 12.3 Å². The number of furan rings is 1. The van der Waals surface area contributed by atoms with Gasteiger partial charge in [0.1, 0.15) is 23.9 Å². The molecule has 0 bridgehead atoms. The Hall–Kier alpha value is -3.87. The van der Waals surface area contributed by atoms with Gasteiger partial charge in [0.05, 0.1) is 6.54 Å². The summed E-state index contributed by atoms with van der Waals surface area (Å²) in [6.45, 7) is 4.60. The van der Waals surface area contributed by atoms with Crippen LogP contribution < -0.4 is 10.1 Å². The zero-order valence-corrected chi connectivity index (χ0v) is 17.3. The highest BCUT2D eigenvalue weighted by Gasteiger charge is 2.14. The first-order valence-electron chi connectivity index (χ1n) is 9.84. The van der Waals surface area contributed by atoms with Crippen LogP contribution in [0.2, 0.25) is 0 Å². The molecular weight excluding hydrogens is 397 g/mol. The predicted octanol–water partition coefficient (Wildman–Crippen LogP) is 5.11. The number of nitrogens with one attached hydrogen (secondary N) is 1. The third kappa shape index (κ3) is 5.19. The molecule has 0 aliphatic heterocycles. The van der Waals surface area contributed by atoms with Crippen molar-refractivity contribution >= 4 is 11.7 Å². The van der Waals surface area contributed by atoms with Gasteiger partial charge in [-0.1, -0.05) is 24.3 Å². The second-order valence-corrected chi connectivity index (χ2v) is 7.31. The highest BCUT2D eigenvalue weighted by molar-refractivity contribution is 6.01. The Labute approximate surface area is 179 Å². The number of aromatic nitrogens is 2. The fraction of sp³-hybridized carbons (Fsp3) is 0.167. The molecule has 0 radical (unpaired) electrons. The van der Waals surface area contributed by atoms with Crippen molar-refractivity contribution in [2.45, 2.75) is 27.0 Å². The lowest BCUT2D eigenvalue weighted by molar-refractivity contribution is 0.0992. The first-order valence-corrected chi connectivity index (χ1v) is 9.84. The summed E-state index contributed by atoms with van der Waals surface area (Å²) < 4.78 is 26.4. The van der Waals surface area contributed by atoms with Crippen LogP contribution in [0.5, 0.6) is 5.75 Å². The van der Waals surface area contributed by atoms with E-state index in [0.29, 0.717) is 18.1 Å². The van der Waals surface area contributed by atoms with E-state index >= 15 is 0 Å². The van der Waals surface area contributed by atoms with E-state index in [1.165, 1.54) is 12.1 Å². The molecule has 2 heterocycles. The molecule has 31 heavy (non-hydrogen) atoms. The third-order valence-corrected chi connectivity index (χ3v) is 4.71. The summed E-state index contributed by atoms with van der Waals surface area (Å²) in [4.78, 5) is 12.5. The summed E-state index contributed by atoms with van der Waals surface area (Å²) in [5, 5.41) is 7.00. The molecule has 0 atom stereocenters. The maximum atomic E-state index is 13.3. The third-order valence-electron chi connectivity index (χ3n) is 4.71. The van der Waals surface area contributed by atoms with E-state index in [-0.39, 0.29) is 18.2 Å². The number of aryl methyl sites for hydroxylation is 2. The van der Waals surface area contributed by atoms with E-state index in [9.17, 15) is 9.18 Å². The summed E-state index contributed by atoms with van der Waals surface area (Å²) in [7, 11) is 0. The summed E-state index contributed by atoms with van der Waals surface area (Å²) >= 11 is 0. The van der Waals surface area contributed by atoms with Gasteiger partial charge in [-0.3, -0.25) is 9.48 Å². The topological polar surface area (TPSA) is 69.3 Å². The average molecular weight is 419 g/mol. The number of benzene rings is 2. The van der Waals surface area contributed by atoms with Crippen LogP contribution in [-0.4, -0.2) is 15.7 Å². The number of ether oxygens (including phenoxy) is 1. The minimum atomic E-state index is -0.408. The molecule has 7 heteroatoms. The molecule has 4 rings (SSSR count). The summed E-state index contributed by atoms with van der Waals surface area (Å²) in [5.41, 5.74) is 2.92. The maximum Gasteiger partial charge on any atom is 0.292 e. The molecule has 1 N–H and O–H groups in total. The van der Waals surface area contributed by atoms with E-state index in [0.717, 1.165) is 22.4 Å². The van der Waals surface area contributed by atoms with Gasteiger partial charge in [0.25, 0.3) is 5.91 Å². The fourth-order valence-electron chi connectivity index (χ4n) is 3.11. The number of hydrogen-bond acceptors (Lipinski definition) is 4. The van der Waals surface area contributed by atoms with Crippen molar-refractivity contribution in [3.05, 3.63) is 101 Å². The Morgan fingerprint density at radius 3 is 2.84 bits per heavy atom. The quantitative estimate of drug-likeness (QED) is 0.452.